The van der Waals surface area contributed by atoms with Crippen molar-refractivity contribution in [2.24, 2.45) is 0 Å². The smallest absolute Gasteiger partial charge is 0.182 e. The summed E-state index contributed by atoms with van der Waals surface area (Å²) in [7, 11) is -1.45. The number of sulfone groups is 1. The molecule has 3 aromatic carbocycles. The fourth-order valence-electron chi connectivity index (χ4n) is 4.28. The number of rotatable bonds is 5. The van der Waals surface area contributed by atoms with E-state index in [-0.39, 0.29) is 17.7 Å². The van der Waals surface area contributed by atoms with Gasteiger partial charge in [0.05, 0.1) is 20.7 Å². The van der Waals surface area contributed by atoms with E-state index in [1.807, 2.05) is 43.4 Å². The molecular weight excluding hydrogens is 437 g/mol. The summed E-state index contributed by atoms with van der Waals surface area (Å²) in [5, 5.41) is 4.48. The van der Waals surface area contributed by atoms with Gasteiger partial charge in [0, 0.05) is 12.0 Å². The highest BCUT2D eigenvalue weighted by atomic mass is 35.5. The molecule has 156 valence electrons. The van der Waals surface area contributed by atoms with E-state index in [4.69, 9.17) is 23.2 Å². The number of nitrogens with one attached hydrogen (secondary N) is 1. The molecule has 4 rings (SSSR count). The molecule has 0 heterocycles. The van der Waals surface area contributed by atoms with Crippen molar-refractivity contribution in [1.82, 2.24) is 5.32 Å². The molecule has 0 amide bonds. The maximum atomic E-state index is 12.8. The van der Waals surface area contributed by atoms with Crippen LogP contribution in [0.2, 0.25) is 10.0 Å². The van der Waals surface area contributed by atoms with E-state index < -0.39 is 9.84 Å². The van der Waals surface area contributed by atoms with Gasteiger partial charge in [-0.2, -0.15) is 0 Å². The van der Waals surface area contributed by atoms with Crippen LogP contribution in [0.25, 0.3) is 0 Å². The van der Waals surface area contributed by atoms with Crippen molar-refractivity contribution < 1.29 is 8.42 Å². The molecular formula is C24H23Cl2NO2S. The van der Waals surface area contributed by atoms with Crippen LogP contribution < -0.4 is 5.32 Å². The van der Waals surface area contributed by atoms with E-state index in [0.29, 0.717) is 14.9 Å². The second kappa shape index (κ2) is 8.72. The van der Waals surface area contributed by atoms with E-state index in [9.17, 15) is 8.42 Å². The zero-order valence-electron chi connectivity index (χ0n) is 16.6. The van der Waals surface area contributed by atoms with Crippen molar-refractivity contribution in [3.8, 4) is 0 Å². The normalized spacial score (nSPS) is 18.8. The highest BCUT2D eigenvalue weighted by molar-refractivity contribution is 7.90. The lowest BCUT2D eigenvalue weighted by atomic mass is 9.76. The summed E-state index contributed by atoms with van der Waals surface area (Å²) in [6.45, 7) is 0. The Morgan fingerprint density at radius 1 is 0.900 bits per heavy atom. The standard InChI is InChI=1S/C24H23Cl2NO2S/c1-27-24-12-10-19(17-8-11-22(25)23(26)14-17)20-9-7-16(13-21(20)24)15-30(28,29)18-5-3-2-4-6-18/h2-9,11,13-14,19,24,27H,10,12,15H2,1H3/t19-,24-/m0/s1. The van der Waals surface area contributed by atoms with Gasteiger partial charge in [-0.3, -0.25) is 0 Å². The molecule has 0 spiro atoms. The van der Waals surface area contributed by atoms with Crippen LogP contribution in [-0.2, 0) is 15.6 Å². The molecule has 30 heavy (non-hydrogen) atoms. The lowest BCUT2D eigenvalue weighted by Crippen LogP contribution is -2.24. The molecule has 0 unspecified atom stereocenters. The minimum atomic E-state index is -3.39. The molecule has 0 saturated carbocycles. The number of hydrogen-bond donors (Lipinski definition) is 1. The first-order valence-corrected chi connectivity index (χ1v) is 12.3. The van der Waals surface area contributed by atoms with E-state index in [0.717, 1.165) is 29.5 Å². The Kier molecular flexibility index (Phi) is 6.21. The molecule has 3 nitrogen and oxygen atoms in total. The Balaban J connectivity index is 1.70. The van der Waals surface area contributed by atoms with Gasteiger partial charge < -0.3 is 5.32 Å². The van der Waals surface area contributed by atoms with E-state index >= 15 is 0 Å². The van der Waals surface area contributed by atoms with Crippen LogP contribution in [0.15, 0.2) is 71.6 Å². The first-order valence-electron chi connectivity index (χ1n) is 9.92. The van der Waals surface area contributed by atoms with E-state index in [1.54, 1.807) is 24.3 Å². The second-order valence-electron chi connectivity index (χ2n) is 7.68. The van der Waals surface area contributed by atoms with Gasteiger partial charge in [-0.25, -0.2) is 8.42 Å². The summed E-state index contributed by atoms with van der Waals surface area (Å²) in [5.41, 5.74) is 4.29. The average molecular weight is 460 g/mol. The molecule has 1 aliphatic rings. The summed E-state index contributed by atoms with van der Waals surface area (Å²) < 4.78 is 25.7. The van der Waals surface area contributed by atoms with Crippen LogP contribution in [0, 0.1) is 0 Å². The summed E-state index contributed by atoms with van der Waals surface area (Å²) in [6.07, 6.45) is 1.95. The molecule has 0 bridgehead atoms. The number of hydrogen-bond acceptors (Lipinski definition) is 3. The highest BCUT2D eigenvalue weighted by Gasteiger charge is 2.28. The van der Waals surface area contributed by atoms with Crippen LogP contribution in [0.5, 0.6) is 0 Å². The molecule has 0 saturated heterocycles. The second-order valence-corrected chi connectivity index (χ2v) is 10.5. The third kappa shape index (κ3) is 4.28. The highest BCUT2D eigenvalue weighted by Crippen LogP contribution is 2.42. The SMILES string of the molecule is CN[C@H]1CC[C@@H](c2ccc(Cl)c(Cl)c2)c2ccc(CS(=O)(=O)c3ccccc3)cc21. The third-order valence-electron chi connectivity index (χ3n) is 5.80. The Morgan fingerprint density at radius 2 is 1.67 bits per heavy atom. The Morgan fingerprint density at radius 3 is 2.37 bits per heavy atom. The maximum absolute atomic E-state index is 12.8. The monoisotopic (exact) mass is 459 g/mol. The Bertz CT molecular complexity index is 1160. The van der Waals surface area contributed by atoms with Gasteiger partial charge in [0.25, 0.3) is 0 Å². The van der Waals surface area contributed by atoms with Crippen molar-refractivity contribution in [2.45, 2.75) is 35.4 Å². The van der Waals surface area contributed by atoms with Crippen LogP contribution in [-0.4, -0.2) is 15.5 Å². The third-order valence-corrected chi connectivity index (χ3v) is 8.24. The fraction of sp³-hybridized carbons (Fsp3) is 0.250. The zero-order valence-corrected chi connectivity index (χ0v) is 18.9. The lowest BCUT2D eigenvalue weighted by Gasteiger charge is -2.32. The Hall–Kier alpha value is -1.85. The summed E-state index contributed by atoms with van der Waals surface area (Å²) in [6, 6.07) is 20.6. The molecule has 1 N–H and O–H groups in total. The molecule has 0 radical (unpaired) electrons. The van der Waals surface area contributed by atoms with Gasteiger partial charge in [-0.15, -0.1) is 0 Å². The van der Waals surface area contributed by atoms with Gasteiger partial charge >= 0.3 is 0 Å². The first kappa shape index (κ1) is 21.4. The molecule has 3 aromatic rings. The van der Waals surface area contributed by atoms with Crippen LogP contribution in [0.3, 0.4) is 0 Å². The first-order chi connectivity index (χ1) is 14.4. The molecule has 2 atom stereocenters. The van der Waals surface area contributed by atoms with Crippen molar-refractivity contribution in [3.05, 3.63) is 99.0 Å². The minimum Gasteiger partial charge on any atom is -0.313 e. The lowest BCUT2D eigenvalue weighted by molar-refractivity contribution is 0.470. The quantitative estimate of drug-likeness (QED) is 0.497. The van der Waals surface area contributed by atoms with Gasteiger partial charge in [0.15, 0.2) is 9.84 Å². The molecule has 0 aromatic heterocycles. The number of benzene rings is 3. The summed E-state index contributed by atoms with van der Waals surface area (Å²) in [5.74, 6) is 0.192. The molecule has 6 heteroatoms. The number of fused-ring (bicyclic) bond motifs is 1. The Labute approximate surface area is 188 Å². The summed E-state index contributed by atoms with van der Waals surface area (Å²) in [4.78, 5) is 0.349. The number of halogens is 2. The van der Waals surface area contributed by atoms with E-state index in [2.05, 4.69) is 11.4 Å². The van der Waals surface area contributed by atoms with Crippen LogP contribution in [0.4, 0.5) is 0 Å². The van der Waals surface area contributed by atoms with Crippen LogP contribution >= 0.6 is 23.2 Å². The molecule has 1 aliphatic carbocycles. The predicted octanol–water partition coefficient (Wildman–Crippen LogP) is 6.15. The predicted molar refractivity (Wildman–Crippen MR) is 123 cm³/mol. The van der Waals surface area contributed by atoms with Crippen molar-refractivity contribution >= 4 is 33.0 Å². The van der Waals surface area contributed by atoms with E-state index in [1.165, 1.54) is 5.56 Å². The topological polar surface area (TPSA) is 46.2 Å². The van der Waals surface area contributed by atoms with Gasteiger partial charge in [-0.1, -0.05) is 65.7 Å². The zero-order chi connectivity index (χ0) is 21.3. The maximum Gasteiger partial charge on any atom is 0.182 e. The van der Waals surface area contributed by atoms with Crippen molar-refractivity contribution in [2.75, 3.05) is 7.05 Å². The summed E-state index contributed by atoms with van der Waals surface area (Å²) >= 11 is 12.4. The van der Waals surface area contributed by atoms with Gasteiger partial charge in [-0.05, 0) is 66.4 Å². The average Bonchev–Trinajstić information content (AvgIpc) is 2.75. The minimum absolute atomic E-state index is 0.0157. The van der Waals surface area contributed by atoms with Crippen molar-refractivity contribution in [1.29, 1.82) is 0 Å². The van der Waals surface area contributed by atoms with Gasteiger partial charge in [0.2, 0.25) is 0 Å². The van der Waals surface area contributed by atoms with Crippen LogP contribution in [0.1, 0.15) is 47.1 Å². The molecule has 0 fully saturated rings. The van der Waals surface area contributed by atoms with Gasteiger partial charge in [0.1, 0.15) is 0 Å². The van der Waals surface area contributed by atoms with Crippen molar-refractivity contribution in [3.63, 3.8) is 0 Å². The fourth-order valence-corrected chi connectivity index (χ4v) is 5.95. The largest absolute Gasteiger partial charge is 0.313 e. The molecule has 0 aliphatic heterocycles.